The molecule has 0 aliphatic carbocycles. The molecule has 0 fully saturated rings. The zero-order valence-corrected chi connectivity index (χ0v) is 12.0. The van der Waals surface area contributed by atoms with Gasteiger partial charge in [-0.05, 0) is 24.3 Å². The van der Waals surface area contributed by atoms with Gasteiger partial charge >= 0.3 is 6.03 Å². The van der Waals surface area contributed by atoms with Gasteiger partial charge in [0.05, 0.1) is 0 Å². The Morgan fingerprint density at radius 2 is 1.95 bits per heavy atom. The van der Waals surface area contributed by atoms with Crippen LogP contribution in [0.3, 0.4) is 0 Å². The van der Waals surface area contributed by atoms with Gasteiger partial charge in [-0.25, -0.2) is 4.79 Å². The summed E-state index contributed by atoms with van der Waals surface area (Å²) in [5.74, 6) is -0.0271. The summed E-state index contributed by atoms with van der Waals surface area (Å²) < 4.78 is 0. The number of carbonyl (C=O) groups is 2. The van der Waals surface area contributed by atoms with E-state index >= 15 is 0 Å². The smallest absolute Gasteiger partial charge is 0.314 e. The van der Waals surface area contributed by atoms with E-state index in [1.807, 2.05) is 24.4 Å². The van der Waals surface area contributed by atoms with Crippen LogP contribution in [0.2, 0.25) is 0 Å². The van der Waals surface area contributed by atoms with E-state index in [1.165, 1.54) is 4.88 Å². The van der Waals surface area contributed by atoms with Gasteiger partial charge in [-0.2, -0.15) is 0 Å². The number of urea groups is 1. The van der Waals surface area contributed by atoms with E-state index in [0.717, 1.165) is 12.8 Å². The lowest BCUT2D eigenvalue weighted by Crippen LogP contribution is -2.38. The van der Waals surface area contributed by atoms with Crippen LogP contribution in [0.5, 0.6) is 0 Å². The molecule has 1 aromatic heterocycles. The summed E-state index contributed by atoms with van der Waals surface area (Å²) in [5.41, 5.74) is 0. The van der Waals surface area contributed by atoms with E-state index in [0.29, 0.717) is 26.1 Å². The molecular weight excluding hydrogens is 262 g/mol. The molecule has 1 aromatic rings. The third kappa shape index (κ3) is 7.46. The van der Waals surface area contributed by atoms with E-state index in [9.17, 15) is 9.59 Å². The van der Waals surface area contributed by atoms with Crippen molar-refractivity contribution in [2.45, 2.75) is 26.2 Å². The van der Waals surface area contributed by atoms with Crippen LogP contribution < -0.4 is 16.0 Å². The Morgan fingerprint density at radius 3 is 2.63 bits per heavy atom. The molecule has 0 aliphatic heterocycles. The second-order valence-corrected chi connectivity index (χ2v) is 5.14. The van der Waals surface area contributed by atoms with Crippen molar-refractivity contribution in [1.82, 2.24) is 16.0 Å². The number of nitrogens with one attached hydrogen (secondary N) is 3. The van der Waals surface area contributed by atoms with Crippen molar-refractivity contribution in [3.8, 4) is 0 Å². The Morgan fingerprint density at radius 1 is 1.16 bits per heavy atom. The first-order valence-electron chi connectivity index (χ1n) is 6.53. The third-order valence-electron chi connectivity index (χ3n) is 2.45. The fourth-order valence-corrected chi connectivity index (χ4v) is 2.17. The summed E-state index contributed by atoms with van der Waals surface area (Å²) >= 11 is 1.68. The molecule has 5 nitrogen and oxygen atoms in total. The van der Waals surface area contributed by atoms with Crippen LogP contribution in [0.25, 0.3) is 0 Å². The van der Waals surface area contributed by atoms with Gasteiger partial charge in [-0.15, -0.1) is 11.3 Å². The van der Waals surface area contributed by atoms with Crippen molar-refractivity contribution in [2.75, 3.05) is 19.6 Å². The first-order chi connectivity index (χ1) is 9.22. The average molecular weight is 283 g/mol. The largest absolute Gasteiger partial charge is 0.356 e. The number of thiophene rings is 1. The molecule has 3 N–H and O–H groups in total. The Hall–Kier alpha value is -1.56. The van der Waals surface area contributed by atoms with Crippen molar-refractivity contribution in [1.29, 1.82) is 0 Å². The molecule has 6 heteroatoms. The average Bonchev–Trinajstić information content (AvgIpc) is 2.89. The van der Waals surface area contributed by atoms with Gasteiger partial charge in [0.2, 0.25) is 5.91 Å². The highest BCUT2D eigenvalue weighted by Crippen LogP contribution is 2.07. The molecule has 0 bridgehead atoms. The van der Waals surface area contributed by atoms with Gasteiger partial charge in [0.15, 0.2) is 0 Å². The van der Waals surface area contributed by atoms with Gasteiger partial charge < -0.3 is 16.0 Å². The van der Waals surface area contributed by atoms with Crippen LogP contribution >= 0.6 is 11.3 Å². The lowest BCUT2D eigenvalue weighted by Gasteiger charge is -2.07. The molecule has 0 saturated carbocycles. The highest BCUT2D eigenvalue weighted by molar-refractivity contribution is 7.09. The predicted molar refractivity (Wildman–Crippen MR) is 77.3 cm³/mol. The molecule has 106 valence electrons. The Labute approximate surface area is 117 Å². The van der Waals surface area contributed by atoms with Crippen molar-refractivity contribution in [2.24, 2.45) is 0 Å². The van der Waals surface area contributed by atoms with E-state index in [-0.39, 0.29) is 11.9 Å². The second-order valence-electron chi connectivity index (χ2n) is 4.11. The molecule has 0 saturated heterocycles. The second kappa shape index (κ2) is 9.38. The first kappa shape index (κ1) is 15.5. The van der Waals surface area contributed by atoms with Crippen molar-refractivity contribution in [3.63, 3.8) is 0 Å². The maximum Gasteiger partial charge on any atom is 0.314 e. The molecule has 0 aliphatic rings. The van der Waals surface area contributed by atoms with E-state index in [2.05, 4.69) is 16.0 Å². The van der Waals surface area contributed by atoms with Gasteiger partial charge in [-0.3, -0.25) is 4.79 Å². The number of hydrogen-bond donors (Lipinski definition) is 3. The summed E-state index contributed by atoms with van der Waals surface area (Å²) in [6.07, 6.45) is 2.07. The lowest BCUT2D eigenvalue weighted by atomic mass is 10.3. The predicted octanol–water partition coefficient (Wildman–Crippen LogP) is 1.51. The highest BCUT2D eigenvalue weighted by Gasteiger charge is 2.03. The zero-order valence-electron chi connectivity index (χ0n) is 11.2. The van der Waals surface area contributed by atoms with E-state index in [4.69, 9.17) is 0 Å². The zero-order chi connectivity index (χ0) is 13.9. The minimum atomic E-state index is -0.222. The van der Waals surface area contributed by atoms with E-state index in [1.54, 1.807) is 11.3 Å². The fourth-order valence-electron chi connectivity index (χ4n) is 1.46. The Balaban J connectivity index is 2.00. The fraction of sp³-hybridized carbons (Fsp3) is 0.538. The number of amides is 3. The third-order valence-corrected chi connectivity index (χ3v) is 3.38. The van der Waals surface area contributed by atoms with Gasteiger partial charge in [0.25, 0.3) is 0 Å². The molecule has 0 spiro atoms. The van der Waals surface area contributed by atoms with Crippen LogP contribution in [-0.4, -0.2) is 31.6 Å². The summed E-state index contributed by atoms with van der Waals surface area (Å²) in [6, 6.07) is 3.82. The molecule has 0 aromatic carbocycles. The topological polar surface area (TPSA) is 70.2 Å². The van der Waals surface area contributed by atoms with Crippen LogP contribution in [0.15, 0.2) is 17.5 Å². The molecular formula is C13H21N3O2S. The van der Waals surface area contributed by atoms with Crippen molar-refractivity contribution in [3.05, 3.63) is 22.4 Å². The quantitative estimate of drug-likeness (QED) is 0.677. The van der Waals surface area contributed by atoms with E-state index < -0.39 is 0 Å². The summed E-state index contributed by atoms with van der Waals surface area (Å²) in [7, 11) is 0. The van der Waals surface area contributed by atoms with Crippen LogP contribution in [0.4, 0.5) is 4.79 Å². The molecule has 0 atom stereocenters. The number of carbonyl (C=O) groups excluding carboxylic acids is 2. The molecule has 1 rings (SSSR count). The molecule has 3 amide bonds. The SMILES string of the molecule is CCCNC(=O)CCNC(=O)NCCc1cccs1. The van der Waals surface area contributed by atoms with Crippen molar-refractivity contribution >= 4 is 23.3 Å². The Bertz CT molecular complexity index is 379. The highest BCUT2D eigenvalue weighted by atomic mass is 32.1. The van der Waals surface area contributed by atoms with Crippen LogP contribution in [0, 0.1) is 0 Å². The summed E-state index contributed by atoms with van der Waals surface area (Å²) in [4.78, 5) is 23.9. The van der Waals surface area contributed by atoms with Gasteiger partial charge in [-0.1, -0.05) is 13.0 Å². The van der Waals surface area contributed by atoms with Gasteiger partial charge in [0.1, 0.15) is 0 Å². The monoisotopic (exact) mass is 283 g/mol. The minimum Gasteiger partial charge on any atom is -0.356 e. The van der Waals surface area contributed by atoms with Gasteiger partial charge in [0, 0.05) is 30.9 Å². The number of rotatable bonds is 8. The molecule has 1 heterocycles. The van der Waals surface area contributed by atoms with Crippen molar-refractivity contribution < 1.29 is 9.59 Å². The molecule has 19 heavy (non-hydrogen) atoms. The normalized spacial score (nSPS) is 9.95. The maximum absolute atomic E-state index is 11.4. The first-order valence-corrected chi connectivity index (χ1v) is 7.41. The van der Waals surface area contributed by atoms with Crippen LogP contribution in [0.1, 0.15) is 24.6 Å². The standard InChI is InChI=1S/C13H21N3O2S/c1-2-7-14-12(17)6-9-16-13(18)15-8-5-11-4-3-10-19-11/h3-4,10H,2,5-9H2,1H3,(H,14,17)(H2,15,16,18). The number of hydrogen-bond acceptors (Lipinski definition) is 3. The molecule has 0 unspecified atom stereocenters. The summed E-state index contributed by atoms with van der Waals surface area (Å²) in [5, 5.41) is 10.2. The maximum atomic E-state index is 11.4. The lowest BCUT2D eigenvalue weighted by molar-refractivity contribution is -0.120. The molecule has 0 radical (unpaired) electrons. The minimum absolute atomic E-state index is 0.0271. The summed E-state index contributed by atoms with van der Waals surface area (Å²) in [6.45, 7) is 3.65. The van der Waals surface area contributed by atoms with Crippen LogP contribution in [-0.2, 0) is 11.2 Å². The Kier molecular flexibility index (Phi) is 7.65.